The van der Waals surface area contributed by atoms with E-state index in [0.717, 1.165) is 27.6 Å². The van der Waals surface area contributed by atoms with Gasteiger partial charge in [0.1, 0.15) is 0 Å². The Hall–Kier alpha value is -3.26. The Morgan fingerprint density at radius 2 is 1.26 bits per heavy atom. The van der Waals surface area contributed by atoms with Gasteiger partial charge in [0.2, 0.25) is 0 Å². The van der Waals surface area contributed by atoms with Crippen LogP contribution in [0.3, 0.4) is 0 Å². The molecule has 4 aromatic heterocycles. The van der Waals surface area contributed by atoms with Crippen LogP contribution in [-0.4, -0.2) is 42.4 Å². The summed E-state index contributed by atoms with van der Waals surface area (Å²) in [6.45, 7) is 0. The van der Waals surface area contributed by atoms with E-state index in [1.807, 2.05) is 36.4 Å². The molecule has 0 saturated carbocycles. The van der Waals surface area contributed by atoms with Gasteiger partial charge in [-0.1, -0.05) is 23.7 Å². The molecule has 11 nitrogen and oxygen atoms in total. The van der Waals surface area contributed by atoms with Crippen LogP contribution in [0.15, 0.2) is 85.5 Å². The number of nitrogen functional groups attached to an aromatic ring is 1. The van der Waals surface area contributed by atoms with Gasteiger partial charge >= 0.3 is 12.1 Å². The van der Waals surface area contributed by atoms with Crippen molar-refractivity contribution in [1.82, 2.24) is 30.4 Å². The van der Waals surface area contributed by atoms with Crippen LogP contribution in [0, 0.1) is 0 Å². The minimum atomic E-state index is -4.97. The van der Waals surface area contributed by atoms with Crippen molar-refractivity contribution in [2.24, 2.45) is 0 Å². The molecule has 0 spiro atoms. The van der Waals surface area contributed by atoms with Crippen LogP contribution in [0.2, 0.25) is 5.15 Å². The fourth-order valence-corrected chi connectivity index (χ4v) is 4.53. The summed E-state index contributed by atoms with van der Waals surface area (Å²) < 4.78 is 37.1. The van der Waals surface area contributed by atoms with Crippen molar-refractivity contribution >= 4 is 56.2 Å². The number of nitrogens with two attached hydrogens (primary N) is 2. The summed E-state index contributed by atoms with van der Waals surface area (Å²) in [7, 11) is 0. The van der Waals surface area contributed by atoms with E-state index in [1.165, 1.54) is 12.1 Å². The predicted molar refractivity (Wildman–Crippen MR) is 167 cm³/mol. The van der Waals surface area contributed by atoms with E-state index >= 15 is 0 Å². The zero-order valence-electron chi connectivity index (χ0n) is 24.4. The number of aromatic nitrogens is 6. The monoisotopic (exact) mass is 810 g/mol. The Kier molecular flexibility index (Phi) is 15.1. The van der Waals surface area contributed by atoms with Gasteiger partial charge in [-0.2, -0.15) is 18.3 Å². The van der Waals surface area contributed by atoms with E-state index < -0.39 is 12.1 Å². The third-order valence-corrected chi connectivity index (χ3v) is 6.73. The molecule has 0 unspecified atom stereocenters. The maximum atomic E-state index is 12.4. The summed E-state index contributed by atoms with van der Waals surface area (Å²) in [5.74, 6) is -1.90. The average Bonchev–Trinajstić information content (AvgIpc) is 3.01. The third-order valence-electron chi connectivity index (χ3n) is 6.45. The van der Waals surface area contributed by atoms with Crippen LogP contribution in [0.25, 0.3) is 33.4 Å². The zero-order chi connectivity index (χ0) is 31.3. The standard InChI is InChI=1S/C16H10ClF3N4O.C14H12N5.H2N.2Y/c17-14-12-8-10(22-15(25)16(18,19)20)1-2-11(12)13(23-24-14)7-9-3-5-21-6-4-9;15-10-1-2-11-12(8-10)14(16)19-18-13(11)7-9-3-5-17-6-4-9;;;/h1-6,8H,7H2,(H,22,25);1-6,8H,7,15H2,(H-,16,19);1H2;;/q;2*-1;;. The summed E-state index contributed by atoms with van der Waals surface area (Å²) in [6, 6.07) is 17.3. The predicted octanol–water partition coefficient (Wildman–Crippen LogP) is 7.36. The molecule has 2 radical (unpaired) electrons. The minimum absolute atomic E-state index is 0. The van der Waals surface area contributed by atoms with Crippen LogP contribution in [0.4, 0.5) is 30.4 Å². The van der Waals surface area contributed by atoms with Gasteiger partial charge in [-0.3, -0.25) is 19.9 Å². The summed E-state index contributed by atoms with van der Waals surface area (Å²) in [4.78, 5) is 19.0. The molecule has 0 fully saturated rings. The second-order valence-corrected chi connectivity index (χ2v) is 9.87. The first-order valence-electron chi connectivity index (χ1n) is 13.0. The third kappa shape index (κ3) is 10.4. The van der Waals surface area contributed by atoms with E-state index in [-0.39, 0.29) is 88.2 Å². The number of benzene rings is 2. The van der Waals surface area contributed by atoms with E-state index in [2.05, 4.69) is 30.4 Å². The topological polar surface area (TPSA) is 190 Å². The van der Waals surface area contributed by atoms with Crippen molar-refractivity contribution in [2.75, 3.05) is 11.1 Å². The molecule has 6 aromatic rings. The summed E-state index contributed by atoms with van der Waals surface area (Å²) in [6.07, 6.45) is 2.94. The van der Waals surface area contributed by atoms with Crippen molar-refractivity contribution in [1.29, 1.82) is 0 Å². The van der Waals surface area contributed by atoms with Gasteiger partial charge in [0, 0.05) is 131 Å². The average molecular weight is 811 g/mol. The molecule has 6 N–H and O–H groups in total. The van der Waals surface area contributed by atoms with Gasteiger partial charge in [-0.25, -0.2) is 0 Å². The fraction of sp³-hybridized carbons (Fsp3) is 0.100. The first-order chi connectivity index (χ1) is 21.1. The van der Waals surface area contributed by atoms with E-state index in [4.69, 9.17) is 23.1 Å². The van der Waals surface area contributed by atoms with Crippen LogP contribution in [0.1, 0.15) is 22.5 Å². The smallest absolute Gasteiger partial charge is 0.471 e. The number of amides is 1. The SMILES string of the molecule is O=C(Nc1ccc2c(Cc3ccncc3)nnc(Cl)c2c1)C(F)(F)F.[NH-]c1nnc(Cc2ccncc2)c2ccc(N)cc12.[NH2-].[Y].[Y]. The summed E-state index contributed by atoms with van der Waals surface area (Å²) in [5, 5.41) is 20.5. The van der Waals surface area contributed by atoms with E-state index in [1.54, 1.807) is 42.2 Å². The molecule has 6 rings (SSSR count). The number of nitrogens with zero attached hydrogens (tertiary/aromatic N) is 6. The number of halogens is 4. The van der Waals surface area contributed by atoms with Crippen molar-refractivity contribution in [3.63, 3.8) is 0 Å². The fourth-order valence-electron chi connectivity index (χ4n) is 4.33. The number of rotatable bonds is 5. The largest absolute Gasteiger partial charge is 0.693 e. The van der Waals surface area contributed by atoms with Crippen LogP contribution >= 0.6 is 11.6 Å². The molecule has 17 heteroatoms. The summed E-state index contributed by atoms with van der Waals surface area (Å²) >= 11 is 6.01. The number of pyridine rings is 2. The van der Waals surface area contributed by atoms with Gasteiger partial charge in [-0.15, -0.1) is 5.10 Å². The Morgan fingerprint density at radius 1 is 0.745 bits per heavy atom. The van der Waals surface area contributed by atoms with E-state index in [9.17, 15) is 18.0 Å². The quantitative estimate of drug-likeness (QED) is 0.169. The number of alkyl halides is 3. The van der Waals surface area contributed by atoms with Gasteiger partial charge in [0.15, 0.2) is 5.15 Å². The number of hydrogen-bond acceptors (Lipinski definition) is 8. The zero-order valence-corrected chi connectivity index (χ0v) is 30.8. The second-order valence-electron chi connectivity index (χ2n) is 9.51. The van der Waals surface area contributed by atoms with Gasteiger partial charge in [0.05, 0.1) is 11.4 Å². The molecule has 2 aromatic carbocycles. The number of anilines is 2. The summed E-state index contributed by atoms with van der Waals surface area (Å²) in [5.41, 5.74) is 17.7. The number of nitrogens with one attached hydrogen (secondary N) is 2. The minimum Gasteiger partial charge on any atom is -0.693 e. The first-order valence-corrected chi connectivity index (χ1v) is 13.3. The van der Waals surface area contributed by atoms with Crippen molar-refractivity contribution < 1.29 is 83.4 Å². The molecule has 4 heterocycles. The first kappa shape index (κ1) is 39.9. The second kappa shape index (κ2) is 17.8. The molecule has 1 amide bonds. The van der Waals surface area contributed by atoms with Gasteiger partial charge in [-0.05, 0) is 70.9 Å². The van der Waals surface area contributed by atoms with E-state index in [0.29, 0.717) is 35.0 Å². The van der Waals surface area contributed by atoms with Crippen molar-refractivity contribution in [3.8, 4) is 0 Å². The molecule has 0 saturated heterocycles. The molecule has 47 heavy (non-hydrogen) atoms. The van der Waals surface area contributed by atoms with Crippen LogP contribution in [0.5, 0.6) is 0 Å². The molecule has 0 aliphatic heterocycles. The van der Waals surface area contributed by atoms with Crippen molar-refractivity contribution in [2.45, 2.75) is 19.0 Å². The van der Waals surface area contributed by atoms with Crippen molar-refractivity contribution in [3.05, 3.63) is 125 Å². The number of fused-ring (bicyclic) bond motifs is 2. The van der Waals surface area contributed by atoms with Crippen LogP contribution in [-0.2, 0) is 83.1 Å². The normalized spacial score (nSPS) is 10.5. The molecule has 0 atom stereocenters. The number of carbonyl (C=O) groups excluding carboxylic acids is 1. The molecular formula is C30H24ClF3N10OY2-2. The number of hydrogen-bond donors (Lipinski definition) is 2. The van der Waals surface area contributed by atoms with Gasteiger partial charge in [0.25, 0.3) is 0 Å². The molecule has 0 aliphatic rings. The Labute approximate surface area is 322 Å². The molecule has 0 bridgehead atoms. The molecule has 236 valence electrons. The number of carbonyl (C=O) groups is 1. The molecule has 0 aliphatic carbocycles. The maximum absolute atomic E-state index is 12.4. The van der Waals surface area contributed by atoms with Crippen LogP contribution < -0.4 is 11.1 Å². The Morgan fingerprint density at radius 3 is 1.81 bits per heavy atom. The molecular weight excluding hydrogens is 787 g/mol. The maximum Gasteiger partial charge on any atom is 0.471 e. The van der Waals surface area contributed by atoms with Gasteiger partial charge < -0.3 is 28.0 Å². The Balaban J connectivity index is 0.000000316. The Bertz CT molecular complexity index is 1960.